The van der Waals surface area contributed by atoms with Crippen LogP contribution in [0.25, 0.3) is 0 Å². The number of aliphatic hydroxyl groups excluding tert-OH is 1. The molecular formula is C10H16N2O. The third-order valence-corrected chi connectivity index (χ3v) is 3.32. The normalized spacial score (nSPS) is 32.2. The van der Waals surface area contributed by atoms with Crippen LogP contribution in [-0.2, 0) is 0 Å². The second-order valence-electron chi connectivity index (χ2n) is 4.44. The molecule has 2 unspecified atom stereocenters. The average molecular weight is 180 g/mol. The molecule has 0 saturated heterocycles. The first kappa shape index (κ1) is 8.75. The molecule has 1 aliphatic carbocycles. The van der Waals surface area contributed by atoms with Crippen LogP contribution in [0.15, 0.2) is 18.7 Å². The maximum Gasteiger partial charge on any atom is 0.0948 e. The van der Waals surface area contributed by atoms with Crippen LogP contribution >= 0.6 is 0 Å². The molecule has 0 bridgehead atoms. The predicted molar refractivity (Wildman–Crippen MR) is 50.3 cm³/mol. The van der Waals surface area contributed by atoms with Gasteiger partial charge in [0.2, 0.25) is 0 Å². The van der Waals surface area contributed by atoms with E-state index in [0.717, 1.165) is 12.8 Å². The molecule has 0 aromatic carbocycles. The third-order valence-electron chi connectivity index (χ3n) is 3.32. The molecule has 1 saturated carbocycles. The zero-order valence-corrected chi connectivity index (χ0v) is 8.14. The molecule has 1 aromatic heterocycles. The van der Waals surface area contributed by atoms with Gasteiger partial charge in [0.05, 0.1) is 12.4 Å². The summed E-state index contributed by atoms with van der Waals surface area (Å²) in [5.74, 6) is 0. The van der Waals surface area contributed by atoms with Crippen molar-refractivity contribution < 1.29 is 5.11 Å². The van der Waals surface area contributed by atoms with Crippen molar-refractivity contribution in [3.05, 3.63) is 18.7 Å². The summed E-state index contributed by atoms with van der Waals surface area (Å²) in [5.41, 5.74) is -0.0271. The lowest BCUT2D eigenvalue weighted by atomic mass is 9.85. The van der Waals surface area contributed by atoms with E-state index >= 15 is 0 Å². The molecule has 2 rings (SSSR count). The van der Waals surface area contributed by atoms with Gasteiger partial charge in [0.15, 0.2) is 0 Å². The highest BCUT2D eigenvalue weighted by Crippen LogP contribution is 2.45. The maximum absolute atomic E-state index is 9.79. The number of nitrogens with zero attached hydrogens (tertiary/aromatic N) is 2. The monoisotopic (exact) mass is 180 g/mol. The lowest BCUT2D eigenvalue weighted by Gasteiger charge is -2.30. The molecule has 0 spiro atoms. The van der Waals surface area contributed by atoms with E-state index in [-0.39, 0.29) is 11.5 Å². The van der Waals surface area contributed by atoms with Crippen LogP contribution in [0.4, 0.5) is 0 Å². The second kappa shape index (κ2) is 2.84. The summed E-state index contributed by atoms with van der Waals surface area (Å²) >= 11 is 0. The topological polar surface area (TPSA) is 38.0 Å². The molecule has 0 amide bonds. The highest BCUT2D eigenvalue weighted by atomic mass is 16.3. The van der Waals surface area contributed by atoms with Crippen molar-refractivity contribution in [1.29, 1.82) is 0 Å². The Bertz CT molecular complexity index is 279. The van der Waals surface area contributed by atoms with Crippen molar-refractivity contribution in [3.8, 4) is 0 Å². The first-order valence-electron chi connectivity index (χ1n) is 4.78. The first-order valence-corrected chi connectivity index (χ1v) is 4.78. The van der Waals surface area contributed by atoms with Crippen molar-refractivity contribution in [2.24, 2.45) is 5.41 Å². The van der Waals surface area contributed by atoms with Gasteiger partial charge in [0, 0.05) is 23.9 Å². The second-order valence-corrected chi connectivity index (χ2v) is 4.44. The van der Waals surface area contributed by atoms with Gasteiger partial charge in [0.25, 0.3) is 0 Å². The molecule has 2 atom stereocenters. The van der Waals surface area contributed by atoms with E-state index in [2.05, 4.69) is 23.4 Å². The van der Waals surface area contributed by atoms with Crippen LogP contribution in [0, 0.1) is 5.41 Å². The Balaban J connectivity index is 2.27. The van der Waals surface area contributed by atoms with Crippen LogP contribution in [0.3, 0.4) is 0 Å². The Kier molecular flexibility index (Phi) is 1.91. The fraction of sp³-hybridized carbons (Fsp3) is 0.700. The third kappa shape index (κ3) is 1.27. The average Bonchev–Trinajstić information content (AvgIpc) is 2.62. The molecule has 13 heavy (non-hydrogen) atoms. The van der Waals surface area contributed by atoms with Gasteiger partial charge < -0.3 is 9.67 Å². The Morgan fingerprint density at radius 1 is 1.46 bits per heavy atom. The molecule has 1 heterocycles. The van der Waals surface area contributed by atoms with Gasteiger partial charge in [-0.1, -0.05) is 13.8 Å². The SMILES string of the molecule is CC1(C)C(O)CCC1n1ccnc1. The molecule has 3 nitrogen and oxygen atoms in total. The van der Waals surface area contributed by atoms with E-state index < -0.39 is 0 Å². The Labute approximate surface area is 78.4 Å². The van der Waals surface area contributed by atoms with Gasteiger partial charge in [-0.15, -0.1) is 0 Å². The smallest absolute Gasteiger partial charge is 0.0948 e. The van der Waals surface area contributed by atoms with Crippen LogP contribution in [0.2, 0.25) is 0 Å². The number of aromatic nitrogens is 2. The van der Waals surface area contributed by atoms with E-state index in [1.165, 1.54) is 0 Å². The summed E-state index contributed by atoms with van der Waals surface area (Å²) in [6.45, 7) is 4.24. The minimum absolute atomic E-state index is 0.0271. The minimum Gasteiger partial charge on any atom is -0.392 e. The molecule has 1 aliphatic rings. The number of imidazole rings is 1. The standard InChI is InChI=1S/C10H16N2O/c1-10(2)8(3-4-9(10)13)12-6-5-11-7-12/h5-9,13H,3-4H2,1-2H3. The molecule has 0 aliphatic heterocycles. The Hall–Kier alpha value is -0.830. The van der Waals surface area contributed by atoms with Crippen molar-refractivity contribution in [2.75, 3.05) is 0 Å². The molecule has 1 N–H and O–H groups in total. The zero-order chi connectivity index (χ0) is 9.47. The number of hydrogen-bond donors (Lipinski definition) is 1. The fourth-order valence-corrected chi connectivity index (χ4v) is 2.27. The van der Waals surface area contributed by atoms with Gasteiger partial charge in [0.1, 0.15) is 0 Å². The first-order chi connectivity index (χ1) is 6.12. The van der Waals surface area contributed by atoms with E-state index in [9.17, 15) is 5.11 Å². The highest BCUT2D eigenvalue weighted by Gasteiger charge is 2.42. The van der Waals surface area contributed by atoms with Gasteiger partial charge in [-0.25, -0.2) is 4.98 Å². The minimum atomic E-state index is -0.181. The van der Waals surface area contributed by atoms with Crippen LogP contribution in [0.5, 0.6) is 0 Å². The van der Waals surface area contributed by atoms with Crippen molar-refractivity contribution in [1.82, 2.24) is 9.55 Å². The maximum atomic E-state index is 9.79. The Morgan fingerprint density at radius 2 is 2.23 bits per heavy atom. The summed E-state index contributed by atoms with van der Waals surface area (Å²) in [7, 11) is 0. The molecule has 0 radical (unpaired) electrons. The van der Waals surface area contributed by atoms with Crippen molar-refractivity contribution in [3.63, 3.8) is 0 Å². The molecule has 3 heteroatoms. The van der Waals surface area contributed by atoms with Crippen LogP contribution < -0.4 is 0 Å². The van der Waals surface area contributed by atoms with E-state index in [1.54, 1.807) is 6.20 Å². The highest BCUT2D eigenvalue weighted by molar-refractivity contribution is 4.97. The predicted octanol–water partition coefficient (Wildman–Crippen LogP) is 1.61. The van der Waals surface area contributed by atoms with E-state index in [0.29, 0.717) is 6.04 Å². The summed E-state index contributed by atoms with van der Waals surface area (Å²) < 4.78 is 2.11. The lowest BCUT2D eigenvalue weighted by Crippen LogP contribution is -2.30. The quantitative estimate of drug-likeness (QED) is 0.713. The van der Waals surface area contributed by atoms with Gasteiger partial charge in [-0.3, -0.25) is 0 Å². The molecule has 1 fully saturated rings. The number of hydrogen-bond acceptors (Lipinski definition) is 2. The fourth-order valence-electron chi connectivity index (χ4n) is 2.27. The van der Waals surface area contributed by atoms with Gasteiger partial charge in [-0.2, -0.15) is 0 Å². The summed E-state index contributed by atoms with van der Waals surface area (Å²) in [5, 5.41) is 9.79. The van der Waals surface area contributed by atoms with Gasteiger partial charge >= 0.3 is 0 Å². The van der Waals surface area contributed by atoms with E-state index in [4.69, 9.17) is 0 Å². The molecular weight excluding hydrogens is 164 g/mol. The summed E-state index contributed by atoms with van der Waals surface area (Å²) in [6, 6.07) is 0.394. The molecule has 1 aromatic rings. The number of rotatable bonds is 1. The Morgan fingerprint density at radius 3 is 2.69 bits per heavy atom. The van der Waals surface area contributed by atoms with E-state index in [1.807, 2.05) is 12.5 Å². The zero-order valence-electron chi connectivity index (χ0n) is 8.14. The van der Waals surface area contributed by atoms with Crippen molar-refractivity contribution in [2.45, 2.75) is 38.8 Å². The summed E-state index contributed by atoms with van der Waals surface area (Å²) in [6.07, 6.45) is 7.37. The van der Waals surface area contributed by atoms with Crippen molar-refractivity contribution >= 4 is 0 Å². The van der Waals surface area contributed by atoms with Gasteiger partial charge in [-0.05, 0) is 12.8 Å². The molecule has 72 valence electrons. The number of aliphatic hydroxyl groups is 1. The summed E-state index contributed by atoms with van der Waals surface area (Å²) in [4.78, 5) is 4.04. The van der Waals surface area contributed by atoms with Crippen LogP contribution in [-0.4, -0.2) is 20.8 Å². The lowest BCUT2D eigenvalue weighted by molar-refractivity contribution is 0.0572. The van der Waals surface area contributed by atoms with Crippen LogP contribution in [0.1, 0.15) is 32.7 Å². The largest absolute Gasteiger partial charge is 0.392 e.